The van der Waals surface area contributed by atoms with Crippen LogP contribution in [0.25, 0.3) is 0 Å². The zero-order chi connectivity index (χ0) is 29.4. The first-order valence-corrected chi connectivity index (χ1v) is 15.9. The summed E-state index contributed by atoms with van der Waals surface area (Å²) >= 11 is 0. The fourth-order valence-corrected chi connectivity index (χ4v) is 6.18. The lowest BCUT2D eigenvalue weighted by Crippen LogP contribution is -2.55. The third-order valence-electron chi connectivity index (χ3n) is 7.45. The molecule has 1 atom stereocenters. The largest absolute Gasteiger partial charge is 0.352 e. The highest BCUT2D eigenvalue weighted by atomic mass is 32.2. The van der Waals surface area contributed by atoms with E-state index in [0.717, 1.165) is 71.5 Å². The number of halogens is 1. The maximum atomic E-state index is 14.1. The third-order valence-corrected chi connectivity index (χ3v) is 8.59. The highest BCUT2D eigenvalue weighted by Crippen LogP contribution is 2.22. The molecule has 0 aliphatic heterocycles. The Balaban J connectivity index is 1.71. The van der Waals surface area contributed by atoms with Gasteiger partial charge in [0.05, 0.1) is 11.9 Å². The standard InChI is InChI=1S/C32H38FN3O4S/c1-24-10-9-13-26(20-24)22-35(31(37)23-36(41(2,39)40)29-18-16-27(33)17-19-29)30(21-25-11-5-3-6-12-25)32(38)34-28-14-7-4-8-15-28/h3,5-6,9-13,16-20,28,30H,4,7-8,14-15,21-23H2,1-2H3,(H,34,38). The fourth-order valence-electron chi connectivity index (χ4n) is 5.33. The Labute approximate surface area is 242 Å². The number of carbonyl (C=O) groups is 2. The van der Waals surface area contributed by atoms with Crippen LogP contribution in [-0.2, 0) is 32.6 Å². The summed E-state index contributed by atoms with van der Waals surface area (Å²) in [6.07, 6.45) is 6.28. The van der Waals surface area contributed by atoms with Crippen LogP contribution < -0.4 is 9.62 Å². The van der Waals surface area contributed by atoms with Gasteiger partial charge in [0.25, 0.3) is 0 Å². The number of nitrogens with one attached hydrogen (secondary N) is 1. The van der Waals surface area contributed by atoms with E-state index in [-0.39, 0.29) is 30.6 Å². The van der Waals surface area contributed by atoms with E-state index in [1.165, 1.54) is 17.0 Å². The van der Waals surface area contributed by atoms with Crippen molar-refractivity contribution in [2.24, 2.45) is 0 Å². The van der Waals surface area contributed by atoms with Crippen molar-refractivity contribution >= 4 is 27.5 Å². The number of anilines is 1. The Morgan fingerprint density at radius 3 is 2.22 bits per heavy atom. The van der Waals surface area contributed by atoms with Gasteiger partial charge in [-0.3, -0.25) is 13.9 Å². The Bertz CT molecular complexity index is 1420. The van der Waals surface area contributed by atoms with Crippen molar-refractivity contribution in [2.45, 2.75) is 64.1 Å². The molecule has 41 heavy (non-hydrogen) atoms. The summed E-state index contributed by atoms with van der Waals surface area (Å²) in [6.45, 7) is 1.54. The monoisotopic (exact) mass is 579 g/mol. The SMILES string of the molecule is Cc1cccc(CN(C(=O)CN(c2ccc(F)cc2)S(C)(=O)=O)C(Cc2ccccc2)C(=O)NC2CCCCC2)c1. The molecule has 3 aromatic rings. The van der Waals surface area contributed by atoms with Gasteiger partial charge in [0, 0.05) is 19.0 Å². The number of benzene rings is 3. The van der Waals surface area contributed by atoms with Crippen LogP contribution in [0.5, 0.6) is 0 Å². The number of amides is 2. The molecule has 1 aliphatic carbocycles. The Morgan fingerprint density at radius 1 is 0.927 bits per heavy atom. The molecule has 2 amide bonds. The van der Waals surface area contributed by atoms with E-state index < -0.39 is 34.3 Å². The van der Waals surface area contributed by atoms with E-state index >= 15 is 0 Å². The number of sulfonamides is 1. The van der Waals surface area contributed by atoms with Crippen LogP contribution in [0.4, 0.5) is 10.1 Å². The normalized spacial score (nSPS) is 14.7. The van der Waals surface area contributed by atoms with E-state index in [2.05, 4.69) is 5.32 Å². The van der Waals surface area contributed by atoms with Gasteiger partial charge in [0.2, 0.25) is 21.8 Å². The maximum absolute atomic E-state index is 14.1. The summed E-state index contributed by atoms with van der Waals surface area (Å²) in [4.78, 5) is 29.5. The van der Waals surface area contributed by atoms with E-state index in [1.807, 2.05) is 61.5 Å². The van der Waals surface area contributed by atoms with Crippen molar-refractivity contribution in [3.63, 3.8) is 0 Å². The molecule has 1 fully saturated rings. The zero-order valence-corrected chi connectivity index (χ0v) is 24.4. The molecule has 218 valence electrons. The van der Waals surface area contributed by atoms with Crippen molar-refractivity contribution in [3.8, 4) is 0 Å². The maximum Gasteiger partial charge on any atom is 0.244 e. The van der Waals surface area contributed by atoms with E-state index in [4.69, 9.17) is 0 Å². The summed E-state index contributed by atoms with van der Waals surface area (Å²) in [7, 11) is -3.90. The van der Waals surface area contributed by atoms with Crippen LogP contribution in [0, 0.1) is 12.7 Å². The molecule has 0 bridgehead atoms. The quantitative estimate of drug-likeness (QED) is 0.347. The molecule has 0 radical (unpaired) electrons. The minimum atomic E-state index is -3.90. The smallest absolute Gasteiger partial charge is 0.244 e. The van der Waals surface area contributed by atoms with E-state index in [0.29, 0.717) is 0 Å². The second-order valence-electron chi connectivity index (χ2n) is 10.8. The lowest BCUT2D eigenvalue weighted by molar-refractivity contribution is -0.140. The number of nitrogens with zero attached hydrogens (tertiary/aromatic N) is 2. The van der Waals surface area contributed by atoms with Crippen molar-refractivity contribution in [1.29, 1.82) is 0 Å². The summed E-state index contributed by atoms with van der Waals surface area (Å²) in [5.74, 6) is -1.30. The topological polar surface area (TPSA) is 86.8 Å². The molecule has 0 heterocycles. The highest BCUT2D eigenvalue weighted by molar-refractivity contribution is 7.92. The lowest BCUT2D eigenvalue weighted by atomic mass is 9.94. The average molecular weight is 580 g/mol. The molecule has 1 N–H and O–H groups in total. The van der Waals surface area contributed by atoms with Gasteiger partial charge in [-0.2, -0.15) is 0 Å². The van der Waals surface area contributed by atoms with Gasteiger partial charge in [-0.05, 0) is 55.2 Å². The van der Waals surface area contributed by atoms with Crippen LogP contribution >= 0.6 is 0 Å². The van der Waals surface area contributed by atoms with Gasteiger partial charge in [-0.25, -0.2) is 12.8 Å². The minimum Gasteiger partial charge on any atom is -0.352 e. The molecule has 1 aliphatic rings. The Hall–Kier alpha value is -3.72. The molecule has 3 aromatic carbocycles. The second-order valence-corrected chi connectivity index (χ2v) is 12.7. The summed E-state index contributed by atoms with van der Waals surface area (Å²) in [5.41, 5.74) is 2.89. The molecule has 1 unspecified atom stereocenters. The lowest BCUT2D eigenvalue weighted by Gasteiger charge is -2.35. The predicted octanol–water partition coefficient (Wildman–Crippen LogP) is 4.99. The summed E-state index contributed by atoms with van der Waals surface area (Å²) in [5, 5.41) is 3.19. The zero-order valence-electron chi connectivity index (χ0n) is 23.6. The van der Waals surface area contributed by atoms with Crippen molar-refractivity contribution in [2.75, 3.05) is 17.1 Å². The van der Waals surface area contributed by atoms with Gasteiger partial charge in [-0.1, -0.05) is 79.4 Å². The van der Waals surface area contributed by atoms with Crippen molar-refractivity contribution < 1.29 is 22.4 Å². The fraction of sp³-hybridized carbons (Fsp3) is 0.375. The first-order valence-electron chi connectivity index (χ1n) is 14.0. The number of hydrogen-bond acceptors (Lipinski definition) is 4. The number of hydrogen-bond donors (Lipinski definition) is 1. The Kier molecular flexibility index (Phi) is 10.2. The average Bonchev–Trinajstić information content (AvgIpc) is 2.94. The number of rotatable bonds is 11. The molecule has 4 rings (SSSR count). The first-order chi connectivity index (χ1) is 19.6. The second kappa shape index (κ2) is 13.8. The molecule has 0 saturated heterocycles. The highest BCUT2D eigenvalue weighted by Gasteiger charge is 2.34. The molecular formula is C32H38FN3O4S. The van der Waals surface area contributed by atoms with Gasteiger partial charge in [-0.15, -0.1) is 0 Å². The summed E-state index contributed by atoms with van der Waals surface area (Å²) < 4.78 is 40.2. The van der Waals surface area contributed by atoms with Crippen molar-refractivity contribution in [3.05, 3.63) is 101 Å². The van der Waals surface area contributed by atoms with E-state index in [9.17, 15) is 22.4 Å². The van der Waals surface area contributed by atoms with Gasteiger partial charge in [0.15, 0.2) is 0 Å². The van der Waals surface area contributed by atoms with Gasteiger partial charge < -0.3 is 10.2 Å². The number of carbonyl (C=O) groups excluding carboxylic acids is 2. The van der Waals surface area contributed by atoms with Crippen LogP contribution in [0.2, 0.25) is 0 Å². The molecule has 0 aromatic heterocycles. The van der Waals surface area contributed by atoms with E-state index in [1.54, 1.807) is 0 Å². The van der Waals surface area contributed by atoms with Crippen LogP contribution in [0.1, 0.15) is 48.8 Å². The van der Waals surface area contributed by atoms with Crippen LogP contribution in [-0.4, -0.2) is 50.0 Å². The summed E-state index contributed by atoms with van der Waals surface area (Å²) in [6, 6.07) is 21.3. The van der Waals surface area contributed by atoms with Crippen LogP contribution in [0.3, 0.4) is 0 Å². The predicted molar refractivity (Wildman–Crippen MR) is 159 cm³/mol. The van der Waals surface area contributed by atoms with Gasteiger partial charge in [0.1, 0.15) is 18.4 Å². The first kappa shape index (κ1) is 30.2. The van der Waals surface area contributed by atoms with Crippen molar-refractivity contribution in [1.82, 2.24) is 10.2 Å². The minimum absolute atomic E-state index is 0.0391. The molecule has 7 nitrogen and oxygen atoms in total. The van der Waals surface area contributed by atoms with Gasteiger partial charge >= 0.3 is 0 Å². The molecular weight excluding hydrogens is 541 g/mol. The third kappa shape index (κ3) is 8.63. The molecule has 1 saturated carbocycles. The number of aryl methyl sites for hydroxylation is 1. The van der Waals surface area contributed by atoms with Crippen LogP contribution in [0.15, 0.2) is 78.9 Å². The molecule has 9 heteroatoms. The Morgan fingerprint density at radius 2 is 1.59 bits per heavy atom. The molecule has 0 spiro atoms.